The van der Waals surface area contributed by atoms with Crippen LogP contribution in [0.15, 0.2) is 48.8 Å². The highest BCUT2D eigenvalue weighted by Crippen LogP contribution is 1.91. The first-order chi connectivity index (χ1) is 9.22. The molecule has 2 aromatic rings. The van der Waals surface area contributed by atoms with Gasteiger partial charge in [-0.15, -0.1) is 0 Å². The fraction of sp³-hybridized carbons (Fsp3) is 0.154. The molecule has 0 aliphatic rings. The summed E-state index contributed by atoms with van der Waals surface area (Å²) in [5.41, 5.74) is 12.4. The van der Waals surface area contributed by atoms with Crippen molar-refractivity contribution in [3.8, 4) is 0 Å². The second-order valence-electron chi connectivity index (χ2n) is 3.56. The van der Waals surface area contributed by atoms with Crippen LogP contribution in [-0.2, 0) is 13.1 Å². The van der Waals surface area contributed by atoms with Crippen molar-refractivity contribution in [1.29, 1.82) is 0 Å². The Labute approximate surface area is 118 Å². The Morgan fingerprint density at radius 1 is 1.05 bits per heavy atom. The molecule has 0 saturated heterocycles. The summed E-state index contributed by atoms with van der Waals surface area (Å²) >= 11 is 4.63. The predicted octanol–water partition coefficient (Wildman–Crippen LogP) is 0.955. The normalized spacial score (nSPS) is 9.11. The van der Waals surface area contributed by atoms with E-state index in [4.69, 9.17) is 11.5 Å². The highest BCUT2D eigenvalue weighted by atomic mass is 32.1. The molecule has 0 spiro atoms. The van der Waals surface area contributed by atoms with E-state index < -0.39 is 0 Å². The van der Waals surface area contributed by atoms with Crippen LogP contribution < -0.4 is 16.8 Å². The van der Waals surface area contributed by atoms with Crippen LogP contribution in [0.25, 0.3) is 0 Å². The third-order valence-electron chi connectivity index (χ3n) is 2.11. The zero-order valence-electron chi connectivity index (χ0n) is 10.5. The molecular weight excluding hydrogens is 258 g/mol. The quantitative estimate of drug-likeness (QED) is 0.723. The summed E-state index contributed by atoms with van der Waals surface area (Å²) in [5, 5.41) is 3.11. The number of thiocarbonyl (C=S) groups is 1. The molecule has 5 N–H and O–H groups in total. The number of hydrogen-bond donors (Lipinski definition) is 3. The maximum Gasteiger partial charge on any atom is 0.163 e. The molecule has 100 valence electrons. The Morgan fingerprint density at radius 2 is 1.63 bits per heavy atom. The first-order valence-corrected chi connectivity index (χ1v) is 6.16. The van der Waals surface area contributed by atoms with E-state index >= 15 is 0 Å². The standard InChI is InChI=1S/C7H9N3S.C6H8N2/c8-7(11)10-5-6-3-1-2-4-9-6;7-5-6-3-1-2-4-8-6/h1-4H,5H2,(H3,8,10,11);1-4H,5,7H2. The van der Waals surface area contributed by atoms with Crippen LogP contribution in [0, 0.1) is 0 Å². The van der Waals surface area contributed by atoms with Gasteiger partial charge in [-0.2, -0.15) is 0 Å². The van der Waals surface area contributed by atoms with Gasteiger partial charge in [-0.1, -0.05) is 12.1 Å². The lowest BCUT2D eigenvalue weighted by Crippen LogP contribution is -2.28. The maximum absolute atomic E-state index is 5.29. The van der Waals surface area contributed by atoms with Crippen LogP contribution in [0.2, 0.25) is 0 Å². The summed E-state index contributed by atoms with van der Waals surface area (Å²) < 4.78 is 0. The minimum atomic E-state index is 0.302. The predicted molar refractivity (Wildman–Crippen MR) is 80.0 cm³/mol. The van der Waals surface area contributed by atoms with Gasteiger partial charge >= 0.3 is 0 Å². The molecule has 0 bridgehead atoms. The highest BCUT2D eigenvalue weighted by Gasteiger charge is 1.90. The van der Waals surface area contributed by atoms with Gasteiger partial charge in [-0.25, -0.2) is 0 Å². The van der Waals surface area contributed by atoms with Crippen molar-refractivity contribution in [2.24, 2.45) is 11.5 Å². The monoisotopic (exact) mass is 275 g/mol. The van der Waals surface area contributed by atoms with Gasteiger partial charge in [0, 0.05) is 18.9 Å². The Kier molecular flexibility index (Phi) is 7.08. The van der Waals surface area contributed by atoms with Crippen LogP contribution in [0.1, 0.15) is 11.4 Å². The van der Waals surface area contributed by atoms with Crippen molar-refractivity contribution >= 4 is 17.3 Å². The number of nitrogens with two attached hydrogens (primary N) is 2. The number of aromatic nitrogens is 2. The first-order valence-electron chi connectivity index (χ1n) is 5.75. The number of nitrogens with one attached hydrogen (secondary N) is 1. The lowest BCUT2D eigenvalue weighted by Gasteiger charge is -2.01. The molecule has 0 radical (unpaired) electrons. The van der Waals surface area contributed by atoms with Crippen molar-refractivity contribution in [1.82, 2.24) is 15.3 Å². The van der Waals surface area contributed by atoms with Crippen LogP contribution in [-0.4, -0.2) is 15.1 Å². The van der Waals surface area contributed by atoms with E-state index in [1.54, 1.807) is 12.4 Å². The van der Waals surface area contributed by atoms with E-state index in [2.05, 4.69) is 27.5 Å². The van der Waals surface area contributed by atoms with Crippen LogP contribution >= 0.6 is 12.2 Å². The summed E-state index contributed by atoms with van der Waals surface area (Å²) in [6.45, 7) is 1.12. The van der Waals surface area contributed by atoms with Crippen molar-refractivity contribution in [2.75, 3.05) is 0 Å². The van der Waals surface area contributed by atoms with Crippen molar-refractivity contribution in [3.05, 3.63) is 60.2 Å². The molecule has 19 heavy (non-hydrogen) atoms. The molecule has 0 saturated carbocycles. The molecule has 2 heterocycles. The van der Waals surface area contributed by atoms with E-state index in [1.165, 1.54) is 0 Å². The third-order valence-corrected chi connectivity index (χ3v) is 2.25. The summed E-state index contributed by atoms with van der Waals surface area (Å²) in [6, 6.07) is 11.4. The van der Waals surface area contributed by atoms with Crippen LogP contribution in [0.5, 0.6) is 0 Å². The number of nitrogens with zero attached hydrogens (tertiary/aromatic N) is 2. The molecular formula is C13H17N5S. The minimum Gasteiger partial charge on any atom is -0.376 e. The summed E-state index contributed by atoms with van der Waals surface area (Å²) in [4.78, 5) is 8.05. The summed E-state index contributed by atoms with van der Waals surface area (Å²) in [5.74, 6) is 0. The van der Waals surface area contributed by atoms with E-state index in [-0.39, 0.29) is 0 Å². The topological polar surface area (TPSA) is 89.8 Å². The molecule has 0 fully saturated rings. The van der Waals surface area contributed by atoms with Gasteiger partial charge in [0.1, 0.15) is 0 Å². The Balaban J connectivity index is 0.000000200. The van der Waals surface area contributed by atoms with Gasteiger partial charge in [0.2, 0.25) is 0 Å². The number of rotatable bonds is 3. The second-order valence-corrected chi connectivity index (χ2v) is 4.00. The van der Waals surface area contributed by atoms with Crippen molar-refractivity contribution in [3.63, 3.8) is 0 Å². The SMILES string of the molecule is NC(=S)NCc1ccccn1.NCc1ccccn1. The zero-order chi connectivity index (χ0) is 13.9. The van der Waals surface area contributed by atoms with E-state index in [0.29, 0.717) is 18.2 Å². The van der Waals surface area contributed by atoms with Crippen molar-refractivity contribution < 1.29 is 0 Å². The summed E-state index contributed by atoms with van der Waals surface area (Å²) in [7, 11) is 0. The van der Waals surface area contributed by atoms with E-state index in [9.17, 15) is 0 Å². The molecule has 5 nitrogen and oxygen atoms in total. The van der Waals surface area contributed by atoms with Gasteiger partial charge in [0.05, 0.1) is 17.9 Å². The number of hydrogen-bond acceptors (Lipinski definition) is 4. The molecule has 0 aliphatic heterocycles. The molecule has 2 rings (SSSR count). The minimum absolute atomic E-state index is 0.302. The second kappa shape index (κ2) is 8.96. The van der Waals surface area contributed by atoms with Gasteiger partial charge in [0.25, 0.3) is 0 Å². The van der Waals surface area contributed by atoms with E-state index in [1.807, 2.05) is 36.4 Å². The lowest BCUT2D eigenvalue weighted by molar-refractivity contribution is 0.878. The highest BCUT2D eigenvalue weighted by molar-refractivity contribution is 7.80. The molecule has 0 aliphatic carbocycles. The third kappa shape index (κ3) is 7.07. The average Bonchev–Trinajstić information content (AvgIpc) is 2.48. The molecule has 6 heteroatoms. The van der Waals surface area contributed by atoms with Gasteiger partial charge < -0.3 is 16.8 Å². The molecule has 0 aromatic carbocycles. The Bertz CT molecular complexity index is 475. The van der Waals surface area contributed by atoms with Crippen LogP contribution in [0.4, 0.5) is 0 Å². The fourth-order valence-electron chi connectivity index (χ4n) is 1.20. The fourth-order valence-corrected chi connectivity index (χ4v) is 1.27. The first kappa shape index (κ1) is 15.0. The van der Waals surface area contributed by atoms with E-state index in [0.717, 1.165) is 11.4 Å². The lowest BCUT2D eigenvalue weighted by atomic mass is 10.3. The summed E-state index contributed by atoms with van der Waals surface area (Å²) in [6.07, 6.45) is 3.47. The molecule has 0 amide bonds. The Morgan fingerprint density at radius 3 is 2.00 bits per heavy atom. The molecule has 0 atom stereocenters. The number of pyridine rings is 2. The average molecular weight is 275 g/mol. The smallest absolute Gasteiger partial charge is 0.163 e. The van der Waals surface area contributed by atoms with Gasteiger partial charge in [0.15, 0.2) is 5.11 Å². The maximum atomic E-state index is 5.29. The van der Waals surface area contributed by atoms with Gasteiger partial charge in [-0.3, -0.25) is 9.97 Å². The van der Waals surface area contributed by atoms with Crippen LogP contribution in [0.3, 0.4) is 0 Å². The Hall–Kier alpha value is -2.05. The van der Waals surface area contributed by atoms with Gasteiger partial charge in [-0.05, 0) is 36.5 Å². The molecule has 2 aromatic heterocycles. The molecule has 0 unspecified atom stereocenters. The zero-order valence-corrected chi connectivity index (χ0v) is 11.3. The largest absolute Gasteiger partial charge is 0.376 e. The van der Waals surface area contributed by atoms with Crippen molar-refractivity contribution in [2.45, 2.75) is 13.1 Å².